The Kier molecular flexibility index (Phi) is 3.13. The Morgan fingerprint density at radius 3 is 2.94 bits per heavy atom. The summed E-state index contributed by atoms with van der Waals surface area (Å²) in [6, 6.07) is 3.19. The van der Waals surface area contributed by atoms with Crippen LogP contribution in [-0.4, -0.2) is 27.5 Å². The molecule has 88 valence electrons. The van der Waals surface area contributed by atoms with Crippen molar-refractivity contribution in [3.63, 3.8) is 0 Å². The van der Waals surface area contributed by atoms with Crippen LogP contribution in [0, 0.1) is 6.92 Å². The van der Waals surface area contributed by atoms with Gasteiger partial charge < -0.3 is 5.32 Å². The van der Waals surface area contributed by atoms with E-state index < -0.39 is 0 Å². The molecule has 2 amide bonds. The number of carbonyl (C=O) groups is 1. The van der Waals surface area contributed by atoms with Gasteiger partial charge in [-0.05, 0) is 26.0 Å². The average molecular weight is 231 g/mol. The Balaban J connectivity index is 2.27. The van der Waals surface area contributed by atoms with E-state index in [0.29, 0.717) is 23.5 Å². The molecule has 6 nitrogen and oxygen atoms in total. The number of aromatic nitrogens is 3. The van der Waals surface area contributed by atoms with Gasteiger partial charge >= 0.3 is 6.03 Å². The summed E-state index contributed by atoms with van der Waals surface area (Å²) in [7, 11) is 0. The van der Waals surface area contributed by atoms with Crippen LogP contribution >= 0.6 is 0 Å². The molecule has 0 bridgehead atoms. The van der Waals surface area contributed by atoms with Crippen LogP contribution in [0.4, 0.5) is 10.6 Å². The van der Waals surface area contributed by atoms with Gasteiger partial charge in [0.25, 0.3) is 0 Å². The number of pyridine rings is 1. The largest absolute Gasteiger partial charge is 0.338 e. The van der Waals surface area contributed by atoms with Crippen molar-refractivity contribution in [1.29, 1.82) is 0 Å². The van der Waals surface area contributed by atoms with Crippen molar-refractivity contribution in [2.24, 2.45) is 0 Å². The molecule has 0 saturated heterocycles. The summed E-state index contributed by atoms with van der Waals surface area (Å²) in [4.78, 5) is 24.0. The van der Waals surface area contributed by atoms with Crippen LogP contribution in [0.3, 0.4) is 0 Å². The number of urea groups is 1. The van der Waals surface area contributed by atoms with Gasteiger partial charge in [-0.15, -0.1) is 0 Å². The number of hydrogen-bond donors (Lipinski definition) is 2. The SMILES string of the molecule is CCNC(=O)Nc1ccc2ncc(C)nc2n1. The number of fused-ring (bicyclic) bond motifs is 1. The molecule has 0 fully saturated rings. The van der Waals surface area contributed by atoms with Crippen LogP contribution in [-0.2, 0) is 0 Å². The molecule has 0 aliphatic carbocycles. The summed E-state index contributed by atoms with van der Waals surface area (Å²) >= 11 is 0. The summed E-state index contributed by atoms with van der Waals surface area (Å²) in [6.45, 7) is 4.26. The number of carbonyl (C=O) groups excluding carboxylic acids is 1. The molecule has 6 heteroatoms. The van der Waals surface area contributed by atoms with Crippen molar-refractivity contribution in [3.8, 4) is 0 Å². The minimum absolute atomic E-state index is 0.278. The number of aryl methyl sites for hydroxylation is 1. The number of nitrogens with one attached hydrogen (secondary N) is 2. The van der Waals surface area contributed by atoms with E-state index in [9.17, 15) is 4.79 Å². The Labute approximate surface area is 98.5 Å². The monoisotopic (exact) mass is 231 g/mol. The van der Waals surface area contributed by atoms with Gasteiger partial charge in [-0.2, -0.15) is 0 Å². The van der Waals surface area contributed by atoms with E-state index in [1.165, 1.54) is 0 Å². The first-order chi connectivity index (χ1) is 8.19. The molecule has 2 heterocycles. The fourth-order valence-corrected chi connectivity index (χ4v) is 1.37. The molecule has 0 aromatic carbocycles. The molecule has 2 aromatic rings. The second-order valence-electron chi connectivity index (χ2n) is 3.54. The highest BCUT2D eigenvalue weighted by Crippen LogP contribution is 2.11. The van der Waals surface area contributed by atoms with Gasteiger partial charge in [0.15, 0.2) is 5.65 Å². The Morgan fingerprint density at radius 2 is 2.18 bits per heavy atom. The van der Waals surface area contributed by atoms with Crippen LogP contribution in [0.1, 0.15) is 12.6 Å². The lowest BCUT2D eigenvalue weighted by molar-refractivity contribution is 0.252. The van der Waals surface area contributed by atoms with E-state index in [2.05, 4.69) is 25.6 Å². The standard InChI is InChI=1S/C11H13N5O/c1-3-12-11(17)16-9-5-4-8-10(15-9)14-7(2)6-13-8/h4-6H,3H2,1-2H3,(H2,12,14,15,16,17). The summed E-state index contributed by atoms with van der Waals surface area (Å²) < 4.78 is 0. The third-order valence-corrected chi connectivity index (χ3v) is 2.11. The van der Waals surface area contributed by atoms with Crippen molar-refractivity contribution < 1.29 is 4.79 Å². The lowest BCUT2D eigenvalue weighted by atomic mass is 10.4. The molecule has 0 saturated carbocycles. The van der Waals surface area contributed by atoms with Crippen LogP contribution in [0.5, 0.6) is 0 Å². The van der Waals surface area contributed by atoms with Crippen molar-refractivity contribution in [2.45, 2.75) is 13.8 Å². The van der Waals surface area contributed by atoms with Crippen molar-refractivity contribution >= 4 is 23.0 Å². The van der Waals surface area contributed by atoms with Gasteiger partial charge in [0.1, 0.15) is 11.3 Å². The number of amides is 2. The molecule has 0 spiro atoms. The maximum absolute atomic E-state index is 11.3. The van der Waals surface area contributed by atoms with E-state index in [1.54, 1.807) is 18.3 Å². The molecule has 2 rings (SSSR count). The van der Waals surface area contributed by atoms with Crippen molar-refractivity contribution in [1.82, 2.24) is 20.3 Å². The highest BCUT2D eigenvalue weighted by atomic mass is 16.2. The number of hydrogen-bond acceptors (Lipinski definition) is 4. The third-order valence-electron chi connectivity index (χ3n) is 2.11. The molecule has 2 aromatic heterocycles. The second kappa shape index (κ2) is 4.73. The van der Waals surface area contributed by atoms with Gasteiger partial charge in [0.2, 0.25) is 0 Å². The highest BCUT2D eigenvalue weighted by molar-refractivity contribution is 5.89. The predicted molar refractivity (Wildman–Crippen MR) is 64.8 cm³/mol. The van der Waals surface area contributed by atoms with E-state index in [0.717, 1.165) is 5.69 Å². The number of nitrogens with zero attached hydrogens (tertiary/aromatic N) is 3. The minimum atomic E-state index is -0.278. The zero-order valence-corrected chi connectivity index (χ0v) is 9.69. The van der Waals surface area contributed by atoms with Crippen LogP contribution < -0.4 is 10.6 Å². The maximum Gasteiger partial charge on any atom is 0.320 e. The fourth-order valence-electron chi connectivity index (χ4n) is 1.37. The minimum Gasteiger partial charge on any atom is -0.338 e. The molecule has 0 unspecified atom stereocenters. The van der Waals surface area contributed by atoms with Crippen LogP contribution in [0.25, 0.3) is 11.2 Å². The van der Waals surface area contributed by atoms with Crippen molar-refractivity contribution in [2.75, 3.05) is 11.9 Å². The zero-order valence-electron chi connectivity index (χ0n) is 9.69. The lowest BCUT2D eigenvalue weighted by Crippen LogP contribution is -2.28. The van der Waals surface area contributed by atoms with Gasteiger partial charge in [0, 0.05) is 12.7 Å². The molecule has 2 N–H and O–H groups in total. The number of anilines is 1. The first-order valence-corrected chi connectivity index (χ1v) is 5.34. The van der Waals surface area contributed by atoms with Gasteiger partial charge in [0.05, 0.1) is 5.69 Å². The van der Waals surface area contributed by atoms with Crippen LogP contribution in [0.2, 0.25) is 0 Å². The van der Waals surface area contributed by atoms with Crippen LogP contribution in [0.15, 0.2) is 18.3 Å². The smallest absolute Gasteiger partial charge is 0.320 e. The lowest BCUT2D eigenvalue weighted by Gasteiger charge is -2.05. The molecular weight excluding hydrogens is 218 g/mol. The molecule has 17 heavy (non-hydrogen) atoms. The van der Waals surface area contributed by atoms with Gasteiger partial charge in [-0.25, -0.2) is 14.8 Å². The van der Waals surface area contributed by atoms with E-state index in [4.69, 9.17) is 0 Å². The van der Waals surface area contributed by atoms with Crippen molar-refractivity contribution in [3.05, 3.63) is 24.0 Å². The molecule has 0 atom stereocenters. The molecule has 0 aliphatic heterocycles. The third kappa shape index (κ3) is 2.66. The summed E-state index contributed by atoms with van der Waals surface area (Å²) in [6.07, 6.45) is 1.68. The predicted octanol–water partition coefficient (Wildman–Crippen LogP) is 1.47. The first kappa shape index (κ1) is 11.3. The highest BCUT2D eigenvalue weighted by Gasteiger charge is 2.04. The van der Waals surface area contributed by atoms with E-state index in [1.807, 2.05) is 13.8 Å². The second-order valence-corrected chi connectivity index (χ2v) is 3.54. The summed E-state index contributed by atoms with van der Waals surface area (Å²) in [5, 5.41) is 5.25. The Morgan fingerprint density at radius 1 is 1.35 bits per heavy atom. The van der Waals surface area contributed by atoms with Gasteiger partial charge in [-0.3, -0.25) is 10.3 Å². The fraction of sp³-hybridized carbons (Fsp3) is 0.273. The topological polar surface area (TPSA) is 79.8 Å². The Hall–Kier alpha value is -2.24. The first-order valence-electron chi connectivity index (χ1n) is 5.34. The molecule has 0 aliphatic rings. The maximum atomic E-state index is 11.3. The van der Waals surface area contributed by atoms with Gasteiger partial charge in [-0.1, -0.05) is 0 Å². The molecule has 0 radical (unpaired) electrons. The quantitative estimate of drug-likeness (QED) is 0.820. The summed E-state index contributed by atoms with van der Waals surface area (Å²) in [5.74, 6) is 0.461. The average Bonchev–Trinajstić information content (AvgIpc) is 2.28. The molecular formula is C11H13N5O. The number of rotatable bonds is 2. The normalized spacial score (nSPS) is 10.2. The van der Waals surface area contributed by atoms with E-state index in [-0.39, 0.29) is 6.03 Å². The Bertz CT molecular complexity index is 555. The zero-order chi connectivity index (χ0) is 12.3. The summed E-state index contributed by atoms with van der Waals surface area (Å²) in [5.41, 5.74) is 2.02. The van der Waals surface area contributed by atoms with E-state index >= 15 is 0 Å².